The Labute approximate surface area is 133 Å². The van der Waals surface area contributed by atoms with Gasteiger partial charge in [-0.25, -0.2) is 0 Å². The van der Waals surface area contributed by atoms with Crippen LogP contribution in [-0.4, -0.2) is 10.5 Å². The molecule has 2 nitrogen and oxygen atoms in total. The first-order valence-corrected chi connectivity index (χ1v) is 8.93. The molecule has 3 rings (SSSR count). The normalized spacial score (nSPS) is 15.7. The molecule has 0 N–H and O–H groups in total. The molecule has 1 aromatic heterocycles. The molecule has 0 radical (unpaired) electrons. The van der Waals surface area contributed by atoms with Crippen LogP contribution in [0.1, 0.15) is 68.4 Å². The molecule has 1 aliphatic carbocycles. The summed E-state index contributed by atoms with van der Waals surface area (Å²) in [6.07, 6.45) is 8.92. The Morgan fingerprint density at radius 1 is 1.18 bits per heavy atom. The van der Waals surface area contributed by atoms with E-state index in [2.05, 4.69) is 42.7 Å². The molecule has 1 heterocycles. The van der Waals surface area contributed by atoms with E-state index in [0.717, 1.165) is 44.0 Å². The Kier molecular flexibility index (Phi) is 4.66. The van der Waals surface area contributed by atoms with Crippen LogP contribution in [0.4, 0.5) is 0 Å². The van der Waals surface area contributed by atoms with Crippen LogP contribution in [0.3, 0.4) is 0 Å². The van der Waals surface area contributed by atoms with Crippen molar-refractivity contribution < 1.29 is 4.79 Å². The number of carbonyl (C=O) groups excluding carboxylic acids is 1. The predicted molar refractivity (Wildman–Crippen MR) is 92.5 cm³/mol. The summed E-state index contributed by atoms with van der Waals surface area (Å²) in [5.41, 5.74) is 3.86. The molecular formula is C20H27NO. The van der Waals surface area contributed by atoms with Gasteiger partial charge in [-0.05, 0) is 50.2 Å². The molecule has 1 atom stereocenters. The minimum Gasteiger partial charge on any atom is -0.284 e. The summed E-state index contributed by atoms with van der Waals surface area (Å²) in [4.78, 5) is 13.2. The average molecular weight is 297 g/mol. The van der Waals surface area contributed by atoms with Gasteiger partial charge < -0.3 is 0 Å². The lowest BCUT2D eigenvalue weighted by Crippen LogP contribution is -2.24. The molecule has 0 amide bonds. The summed E-state index contributed by atoms with van der Waals surface area (Å²) in [6.45, 7) is 4.35. The zero-order valence-corrected chi connectivity index (χ0v) is 13.9. The zero-order valence-electron chi connectivity index (χ0n) is 13.9. The van der Waals surface area contributed by atoms with Crippen molar-refractivity contribution in [3.63, 3.8) is 0 Å². The van der Waals surface area contributed by atoms with Crippen LogP contribution in [0, 0.1) is 5.92 Å². The summed E-state index contributed by atoms with van der Waals surface area (Å²) < 4.78 is 2.08. The maximum Gasteiger partial charge on any atom is 0.234 e. The van der Waals surface area contributed by atoms with Crippen LogP contribution in [0.15, 0.2) is 24.3 Å². The van der Waals surface area contributed by atoms with Gasteiger partial charge in [0.05, 0.1) is 5.52 Å². The largest absolute Gasteiger partial charge is 0.284 e. The van der Waals surface area contributed by atoms with Crippen molar-refractivity contribution in [2.24, 2.45) is 5.92 Å². The Morgan fingerprint density at radius 2 is 1.95 bits per heavy atom. The van der Waals surface area contributed by atoms with Gasteiger partial charge in [-0.2, -0.15) is 0 Å². The van der Waals surface area contributed by atoms with Crippen LogP contribution in [0.2, 0.25) is 0 Å². The number of para-hydroxylation sites is 1. The molecule has 0 unspecified atom stereocenters. The van der Waals surface area contributed by atoms with Crippen LogP contribution in [0.25, 0.3) is 10.9 Å². The lowest BCUT2D eigenvalue weighted by molar-refractivity contribution is 0.0823. The van der Waals surface area contributed by atoms with E-state index in [4.69, 9.17) is 0 Å². The van der Waals surface area contributed by atoms with E-state index < -0.39 is 0 Å². The fourth-order valence-electron chi connectivity index (χ4n) is 3.88. The summed E-state index contributed by atoms with van der Waals surface area (Å²) in [6, 6.07) is 8.47. The molecule has 0 fully saturated rings. The Balaban J connectivity index is 2.07. The lowest BCUT2D eigenvalue weighted by Gasteiger charge is -2.19. The molecule has 0 aliphatic heterocycles. The van der Waals surface area contributed by atoms with Gasteiger partial charge in [0.15, 0.2) is 0 Å². The maximum absolute atomic E-state index is 13.2. The third-order valence-corrected chi connectivity index (χ3v) is 5.15. The minimum absolute atomic E-state index is 0.168. The Morgan fingerprint density at radius 3 is 2.73 bits per heavy atom. The summed E-state index contributed by atoms with van der Waals surface area (Å²) >= 11 is 0. The van der Waals surface area contributed by atoms with Crippen LogP contribution in [0.5, 0.6) is 0 Å². The first-order chi connectivity index (χ1) is 10.8. The molecule has 2 aromatic rings. The molecule has 0 spiro atoms. The quantitative estimate of drug-likeness (QED) is 0.726. The second-order valence-electron chi connectivity index (χ2n) is 6.57. The summed E-state index contributed by atoms with van der Waals surface area (Å²) in [5.74, 6) is 0.497. The van der Waals surface area contributed by atoms with E-state index >= 15 is 0 Å². The van der Waals surface area contributed by atoms with Crippen LogP contribution < -0.4 is 0 Å². The molecule has 22 heavy (non-hydrogen) atoms. The maximum atomic E-state index is 13.2. The van der Waals surface area contributed by atoms with E-state index in [1.807, 2.05) is 0 Å². The molecular weight excluding hydrogens is 270 g/mol. The van der Waals surface area contributed by atoms with Crippen molar-refractivity contribution in [3.05, 3.63) is 35.5 Å². The fourth-order valence-corrected chi connectivity index (χ4v) is 3.88. The van der Waals surface area contributed by atoms with Crippen molar-refractivity contribution in [1.82, 2.24) is 4.57 Å². The minimum atomic E-state index is 0.168. The highest BCUT2D eigenvalue weighted by Gasteiger charge is 2.26. The monoisotopic (exact) mass is 297 g/mol. The van der Waals surface area contributed by atoms with Gasteiger partial charge in [0.1, 0.15) is 0 Å². The third-order valence-electron chi connectivity index (χ3n) is 5.15. The van der Waals surface area contributed by atoms with Gasteiger partial charge >= 0.3 is 0 Å². The molecule has 1 aliphatic rings. The predicted octanol–water partition coefficient (Wildman–Crippen LogP) is 5.38. The van der Waals surface area contributed by atoms with Gasteiger partial charge in [-0.1, -0.05) is 44.9 Å². The highest BCUT2D eigenvalue weighted by Crippen LogP contribution is 2.33. The topological polar surface area (TPSA) is 22.0 Å². The lowest BCUT2D eigenvalue weighted by atomic mass is 9.95. The number of fused-ring (bicyclic) bond motifs is 3. The van der Waals surface area contributed by atoms with Crippen molar-refractivity contribution >= 4 is 16.8 Å². The highest BCUT2D eigenvalue weighted by molar-refractivity contribution is 5.97. The second kappa shape index (κ2) is 6.68. The van der Waals surface area contributed by atoms with E-state index in [-0.39, 0.29) is 5.92 Å². The molecule has 0 bridgehead atoms. The van der Waals surface area contributed by atoms with Gasteiger partial charge in [-0.15, -0.1) is 0 Å². The number of hydrogen-bond acceptors (Lipinski definition) is 1. The highest BCUT2D eigenvalue weighted by atomic mass is 16.2. The number of carbonyl (C=O) groups is 1. The van der Waals surface area contributed by atoms with E-state index in [9.17, 15) is 4.79 Å². The van der Waals surface area contributed by atoms with Crippen molar-refractivity contribution in [2.45, 2.75) is 65.2 Å². The molecule has 0 saturated heterocycles. The average Bonchev–Trinajstić information content (AvgIpc) is 2.90. The summed E-state index contributed by atoms with van der Waals surface area (Å²) in [5, 5.41) is 1.30. The standard InChI is InChI=1S/C20H27NO/c1-3-5-10-15(4-2)20(22)21-18-13-8-6-11-16(18)17-12-7-9-14-19(17)21/h6,8,11,13,15H,3-5,7,9-10,12,14H2,1-2H3/t15-/m0/s1. The van der Waals surface area contributed by atoms with Crippen molar-refractivity contribution in [1.29, 1.82) is 0 Å². The number of aryl methyl sites for hydroxylation is 1. The zero-order chi connectivity index (χ0) is 15.5. The molecule has 0 saturated carbocycles. The van der Waals surface area contributed by atoms with Gasteiger partial charge in [0.25, 0.3) is 0 Å². The smallest absolute Gasteiger partial charge is 0.234 e. The Bertz CT molecular complexity index is 668. The number of aromatic nitrogens is 1. The summed E-state index contributed by atoms with van der Waals surface area (Å²) in [7, 11) is 0. The van der Waals surface area contributed by atoms with Crippen LogP contribution in [-0.2, 0) is 12.8 Å². The van der Waals surface area contributed by atoms with E-state index in [1.54, 1.807) is 0 Å². The van der Waals surface area contributed by atoms with Crippen molar-refractivity contribution in [3.8, 4) is 0 Å². The van der Waals surface area contributed by atoms with E-state index in [0.29, 0.717) is 5.91 Å². The van der Waals surface area contributed by atoms with E-state index in [1.165, 1.54) is 29.5 Å². The molecule has 2 heteroatoms. The van der Waals surface area contributed by atoms with Gasteiger partial charge in [0, 0.05) is 17.0 Å². The number of benzene rings is 1. The van der Waals surface area contributed by atoms with Gasteiger partial charge in [-0.3, -0.25) is 9.36 Å². The van der Waals surface area contributed by atoms with Gasteiger partial charge in [0.2, 0.25) is 5.91 Å². The first-order valence-electron chi connectivity index (χ1n) is 8.93. The number of unbranched alkanes of at least 4 members (excludes halogenated alkanes) is 1. The molecule has 118 valence electrons. The second-order valence-corrected chi connectivity index (χ2v) is 6.57. The first kappa shape index (κ1) is 15.3. The SMILES string of the molecule is CCCC[C@H](CC)C(=O)n1c2c(c3ccccc31)CCCC2. The number of nitrogens with zero attached hydrogens (tertiary/aromatic N) is 1. The third kappa shape index (κ3) is 2.60. The fraction of sp³-hybridized carbons (Fsp3) is 0.550. The number of rotatable bonds is 5. The van der Waals surface area contributed by atoms with Crippen molar-refractivity contribution in [2.75, 3.05) is 0 Å². The van der Waals surface area contributed by atoms with Crippen LogP contribution >= 0.6 is 0 Å². The number of hydrogen-bond donors (Lipinski definition) is 0. The molecule has 1 aromatic carbocycles. The Hall–Kier alpha value is -1.57.